The maximum Gasteiger partial charge on any atom is 0.358 e. The molecule has 2 rings (SSSR count). The lowest BCUT2D eigenvalue weighted by Crippen LogP contribution is -2.15. The van der Waals surface area contributed by atoms with Gasteiger partial charge in [-0.05, 0) is 59.1 Å². The second kappa shape index (κ2) is 5.95. The van der Waals surface area contributed by atoms with Crippen molar-refractivity contribution in [1.29, 1.82) is 0 Å². The van der Waals surface area contributed by atoms with Gasteiger partial charge in [-0.25, -0.2) is 0 Å². The van der Waals surface area contributed by atoms with Gasteiger partial charge in [0.25, 0.3) is 0 Å². The maximum absolute atomic E-state index is 12.0. The molecule has 0 saturated heterocycles. The zero-order valence-electron chi connectivity index (χ0n) is 11.3. The average molecular weight is 370 g/mol. The highest BCUT2D eigenvalue weighted by molar-refractivity contribution is 9.12. The number of ketones is 1. The van der Waals surface area contributed by atoms with E-state index >= 15 is 0 Å². The zero-order valence-corrected chi connectivity index (χ0v) is 13.7. The van der Waals surface area contributed by atoms with Crippen molar-refractivity contribution in [1.82, 2.24) is 0 Å². The highest BCUT2D eigenvalue weighted by atomic mass is 79.9. The molecule has 0 aromatic heterocycles. The number of hydrogen-bond donors (Lipinski definition) is 0. The van der Waals surface area contributed by atoms with Gasteiger partial charge in [0.1, 0.15) is 10.6 Å². The van der Waals surface area contributed by atoms with Gasteiger partial charge in [0.15, 0.2) is 5.78 Å². The van der Waals surface area contributed by atoms with E-state index in [0.29, 0.717) is 21.3 Å². The summed E-state index contributed by atoms with van der Waals surface area (Å²) in [7, 11) is -3.98. The van der Waals surface area contributed by atoms with Gasteiger partial charge in [0.2, 0.25) is 0 Å². The fourth-order valence-electron chi connectivity index (χ4n) is 1.77. The quantitative estimate of drug-likeness (QED) is 0.606. The van der Waals surface area contributed by atoms with Crippen LogP contribution in [0.15, 0.2) is 62.1 Å². The van der Waals surface area contributed by atoms with Gasteiger partial charge in [0.05, 0.1) is 4.48 Å². The molecule has 0 saturated carbocycles. The molecule has 1 aliphatic carbocycles. The number of nitrogens with zero attached hydrogens (tertiary/aromatic N) is 1. The Bertz CT molecular complexity index is 776. The van der Waals surface area contributed by atoms with E-state index in [4.69, 9.17) is 4.28 Å². The minimum Gasteiger partial charge on any atom is -0.289 e. The molecular formula is C14H12BrNO4S. The van der Waals surface area contributed by atoms with E-state index in [1.54, 1.807) is 32.0 Å². The molecule has 0 heterocycles. The molecule has 110 valence electrons. The Balaban J connectivity index is 2.34. The molecule has 0 N–H and O–H groups in total. The third-order valence-corrected chi connectivity index (χ3v) is 4.99. The maximum atomic E-state index is 12.0. The Morgan fingerprint density at radius 2 is 1.76 bits per heavy atom. The third kappa shape index (κ3) is 3.30. The van der Waals surface area contributed by atoms with Gasteiger partial charge in [-0.3, -0.25) is 9.08 Å². The van der Waals surface area contributed by atoms with Crippen molar-refractivity contribution >= 4 is 37.5 Å². The summed E-state index contributed by atoms with van der Waals surface area (Å²) < 4.78 is 29.1. The Morgan fingerprint density at radius 3 is 2.38 bits per heavy atom. The van der Waals surface area contributed by atoms with Crippen molar-refractivity contribution in [2.75, 3.05) is 0 Å². The van der Waals surface area contributed by atoms with E-state index in [1.807, 2.05) is 0 Å². The number of oxime groups is 1. The molecule has 0 atom stereocenters. The summed E-state index contributed by atoms with van der Waals surface area (Å²) in [5.74, 6) is -0.185. The predicted molar refractivity (Wildman–Crippen MR) is 82.5 cm³/mol. The van der Waals surface area contributed by atoms with Crippen LogP contribution in [0.2, 0.25) is 0 Å². The first-order valence-corrected chi connectivity index (χ1v) is 8.19. The summed E-state index contributed by atoms with van der Waals surface area (Å²) in [5.41, 5.74) is 1.40. The van der Waals surface area contributed by atoms with Gasteiger partial charge in [0, 0.05) is 0 Å². The number of carbonyl (C=O) groups is 1. The summed E-state index contributed by atoms with van der Waals surface area (Å²) in [6.45, 7) is 3.33. The summed E-state index contributed by atoms with van der Waals surface area (Å²) in [4.78, 5) is 11.6. The molecular weight excluding hydrogens is 358 g/mol. The topological polar surface area (TPSA) is 72.8 Å². The first kappa shape index (κ1) is 15.7. The standard InChI is InChI=1S/C14H12BrNO4S/c1-9-8-12(17)13(15)10(2)14(9)16-20-21(18,19)11-6-4-3-5-7-11/h3-8H,1-2H3/b16-14+. The van der Waals surface area contributed by atoms with Crippen LogP contribution in [0.25, 0.3) is 0 Å². The van der Waals surface area contributed by atoms with E-state index in [-0.39, 0.29) is 10.7 Å². The van der Waals surface area contributed by atoms with E-state index in [1.165, 1.54) is 18.2 Å². The first-order chi connectivity index (χ1) is 9.83. The number of benzene rings is 1. The molecule has 0 bridgehead atoms. The molecule has 0 amide bonds. The minimum atomic E-state index is -3.98. The van der Waals surface area contributed by atoms with Crippen LogP contribution in [0.5, 0.6) is 0 Å². The Labute approximate surface area is 131 Å². The molecule has 5 nitrogen and oxygen atoms in total. The lowest BCUT2D eigenvalue weighted by molar-refractivity contribution is -0.110. The molecule has 0 spiro atoms. The summed E-state index contributed by atoms with van der Waals surface area (Å²) >= 11 is 3.15. The number of rotatable bonds is 3. The van der Waals surface area contributed by atoms with Crippen LogP contribution in [0.1, 0.15) is 13.8 Å². The second-order valence-electron chi connectivity index (χ2n) is 4.41. The monoisotopic (exact) mass is 369 g/mol. The van der Waals surface area contributed by atoms with Crippen LogP contribution in [0, 0.1) is 0 Å². The van der Waals surface area contributed by atoms with Crippen LogP contribution in [0.3, 0.4) is 0 Å². The largest absolute Gasteiger partial charge is 0.358 e. The van der Waals surface area contributed by atoms with E-state index < -0.39 is 10.1 Å². The second-order valence-corrected chi connectivity index (χ2v) is 6.73. The fraction of sp³-hybridized carbons (Fsp3) is 0.143. The van der Waals surface area contributed by atoms with Crippen molar-refractivity contribution in [2.45, 2.75) is 18.7 Å². The predicted octanol–water partition coefficient (Wildman–Crippen LogP) is 2.95. The van der Waals surface area contributed by atoms with Crippen LogP contribution < -0.4 is 0 Å². The number of allylic oxidation sites excluding steroid dienone is 4. The van der Waals surface area contributed by atoms with Gasteiger partial charge in [-0.2, -0.15) is 8.42 Å². The highest BCUT2D eigenvalue weighted by Gasteiger charge is 2.22. The molecule has 0 fully saturated rings. The fourth-order valence-corrected chi connectivity index (χ4v) is 2.82. The van der Waals surface area contributed by atoms with Crippen molar-refractivity contribution in [3.8, 4) is 0 Å². The average Bonchev–Trinajstić information content (AvgIpc) is 2.45. The first-order valence-electron chi connectivity index (χ1n) is 5.99. The van der Waals surface area contributed by atoms with Gasteiger partial charge in [-0.15, -0.1) is 0 Å². The molecule has 0 aliphatic heterocycles. The van der Waals surface area contributed by atoms with E-state index in [0.717, 1.165) is 0 Å². The molecule has 1 aromatic rings. The van der Waals surface area contributed by atoms with Crippen molar-refractivity contribution < 1.29 is 17.5 Å². The lowest BCUT2D eigenvalue weighted by Gasteiger charge is -2.13. The van der Waals surface area contributed by atoms with Crippen molar-refractivity contribution in [3.05, 3.63) is 52.0 Å². The molecule has 0 unspecified atom stereocenters. The number of hydrogen-bond acceptors (Lipinski definition) is 5. The third-order valence-electron chi connectivity index (χ3n) is 2.88. The SMILES string of the molecule is CC1=CC(=O)C(Br)=C(C)/C1=N/OS(=O)(=O)c1ccccc1. The van der Waals surface area contributed by atoms with Crippen LogP contribution >= 0.6 is 15.9 Å². The Hall–Kier alpha value is -1.73. The summed E-state index contributed by atoms with van der Waals surface area (Å²) in [6.07, 6.45) is 1.37. The molecule has 1 aliphatic rings. The Kier molecular flexibility index (Phi) is 4.43. The van der Waals surface area contributed by atoms with Gasteiger partial charge >= 0.3 is 10.1 Å². The minimum absolute atomic E-state index is 0.0172. The summed E-state index contributed by atoms with van der Waals surface area (Å²) in [5, 5.41) is 3.70. The van der Waals surface area contributed by atoms with Crippen LogP contribution in [0.4, 0.5) is 0 Å². The van der Waals surface area contributed by atoms with Crippen molar-refractivity contribution in [2.24, 2.45) is 5.16 Å². The summed E-state index contributed by atoms with van der Waals surface area (Å²) in [6, 6.07) is 7.72. The Morgan fingerprint density at radius 1 is 1.14 bits per heavy atom. The van der Waals surface area contributed by atoms with Crippen LogP contribution in [-0.4, -0.2) is 19.9 Å². The number of carbonyl (C=O) groups excluding carboxylic acids is 1. The van der Waals surface area contributed by atoms with Gasteiger partial charge < -0.3 is 0 Å². The van der Waals surface area contributed by atoms with E-state index in [2.05, 4.69) is 21.1 Å². The molecule has 0 radical (unpaired) electrons. The smallest absolute Gasteiger partial charge is 0.289 e. The highest BCUT2D eigenvalue weighted by Crippen LogP contribution is 2.24. The van der Waals surface area contributed by atoms with Crippen LogP contribution in [-0.2, 0) is 19.2 Å². The van der Waals surface area contributed by atoms with E-state index in [9.17, 15) is 13.2 Å². The van der Waals surface area contributed by atoms with Crippen molar-refractivity contribution in [3.63, 3.8) is 0 Å². The molecule has 7 heteroatoms. The molecule has 21 heavy (non-hydrogen) atoms. The molecule has 1 aromatic carbocycles. The number of halogens is 1. The lowest BCUT2D eigenvalue weighted by atomic mass is 9.98. The van der Waals surface area contributed by atoms with Gasteiger partial charge in [-0.1, -0.05) is 23.4 Å². The normalized spacial score (nSPS) is 18.0. The zero-order chi connectivity index (χ0) is 15.6.